The van der Waals surface area contributed by atoms with Crippen molar-refractivity contribution in [2.75, 3.05) is 7.11 Å². The molecule has 1 amide bonds. The fourth-order valence-electron chi connectivity index (χ4n) is 3.46. The van der Waals surface area contributed by atoms with Crippen LogP contribution in [0.25, 0.3) is 21.5 Å². The van der Waals surface area contributed by atoms with Crippen LogP contribution in [0.2, 0.25) is 0 Å². The monoisotopic (exact) mass is 341 g/mol. The van der Waals surface area contributed by atoms with Gasteiger partial charge in [0.25, 0.3) is 0 Å². The molecule has 0 aliphatic heterocycles. The molecule has 0 heterocycles. The molecule has 0 atom stereocenters. The van der Waals surface area contributed by atoms with Gasteiger partial charge in [-0.3, -0.25) is 4.79 Å². The molecule has 3 heteroatoms. The van der Waals surface area contributed by atoms with Gasteiger partial charge in [0.15, 0.2) is 0 Å². The van der Waals surface area contributed by atoms with E-state index in [1.165, 1.54) is 0 Å². The maximum atomic E-state index is 12.0. The van der Waals surface area contributed by atoms with Gasteiger partial charge in [0, 0.05) is 12.0 Å². The van der Waals surface area contributed by atoms with E-state index in [0.717, 1.165) is 38.4 Å². The molecule has 4 aromatic rings. The van der Waals surface area contributed by atoms with Crippen molar-refractivity contribution in [3.05, 3.63) is 89.5 Å². The second-order valence-electron chi connectivity index (χ2n) is 6.41. The second kappa shape index (κ2) is 6.52. The normalized spacial score (nSPS) is 11.0. The zero-order valence-corrected chi connectivity index (χ0v) is 14.5. The van der Waals surface area contributed by atoms with E-state index in [0.29, 0.717) is 12.0 Å². The molecule has 0 radical (unpaired) electrons. The van der Waals surface area contributed by atoms with Crippen molar-refractivity contribution in [1.82, 2.24) is 0 Å². The van der Waals surface area contributed by atoms with Crippen LogP contribution in [-0.2, 0) is 6.42 Å². The number of benzene rings is 4. The van der Waals surface area contributed by atoms with E-state index in [9.17, 15) is 4.79 Å². The number of ether oxygens (including phenoxy) is 1. The van der Waals surface area contributed by atoms with E-state index in [-0.39, 0.29) is 0 Å². The average Bonchev–Trinajstić information content (AvgIpc) is 2.66. The Balaban J connectivity index is 1.87. The van der Waals surface area contributed by atoms with E-state index in [4.69, 9.17) is 10.5 Å². The van der Waals surface area contributed by atoms with Crippen LogP contribution in [0.5, 0.6) is 5.75 Å². The number of methoxy groups -OCH3 is 1. The molecule has 4 aromatic carbocycles. The Kier molecular flexibility index (Phi) is 4.05. The standard InChI is InChI=1S/C23H19NO2/c1-26-22-14-18-9-5-3-7-16(18)11-20(22)12-19-10-15-6-2-4-8-17(15)13-21(19)23(24)25/h2-11,13-14H,12H2,1H3,(H2,24,25). The Morgan fingerprint density at radius 1 is 0.808 bits per heavy atom. The first-order valence-corrected chi connectivity index (χ1v) is 8.53. The van der Waals surface area contributed by atoms with Gasteiger partial charge >= 0.3 is 0 Å². The Hall–Kier alpha value is -3.33. The molecule has 2 N–H and O–H groups in total. The van der Waals surface area contributed by atoms with Gasteiger partial charge < -0.3 is 10.5 Å². The fraction of sp³-hybridized carbons (Fsp3) is 0.0870. The molecule has 0 aliphatic carbocycles. The fourth-order valence-corrected chi connectivity index (χ4v) is 3.46. The maximum Gasteiger partial charge on any atom is 0.249 e. The minimum atomic E-state index is -0.412. The molecule has 0 fully saturated rings. The summed E-state index contributed by atoms with van der Waals surface area (Å²) in [6.07, 6.45) is 0.580. The van der Waals surface area contributed by atoms with Crippen LogP contribution < -0.4 is 10.5 Å². The van der Waals surface area contributed by atoms with E-state index in [2.05, 4.69) is 18.2 Å². The van der Waals surface area contributed by atoms with Gasteiger partial charge in [0.2, 0.25) is 5.91 Å². The Labute approximate surface area is 152 Å². The van der Waals surface area contributed by atoms with Crippen LogP contribution in [-0.4, -0.2) is 13.0 Å². The molecule has 0 spiro atoms. The van der Waals surface area contributed by atoms with Gasteiger partial charge in [-0.05, 0) is 50.9 Å². The Bertz CT molecular complexity index is 1130. The van der Waals surface area contributed by atoms with Crippen molar-refractivity contribution >= 4 is 27.5 Å². The minimum absolute atomic E-state index is 0.412. The third-order valence-corrected chi connectivity index (χ3v) is 4.77. The Morgan fingerprint density at radius 3 is 1.85 bits per heavy atom. The SMILES string of the molecule is COc1cc2ccccc2cc1Cc1cc2ccccc2cc1C(N)=O. The maximum absolute atomic E-state index is 12.0. The second-order valence-corrected chi connectivity index (χ2v) is 6.41. The molecular formula is C23H19NO2. The number of carbonyl (C=O) groups is 1. The predicted octanol–water partition coefficient (Wildman–Crippen LogP) is 4.69. The van der Waals surface area contributed by atoms with Crippen LogP contribution in [0.4, 0.5) is 0 Å². The van der Waals surface area contributed by atoms with E-state index in [1.54, 1.807) is 7.11 Å². The molecule has 0 aliphatic rings. The lowest BCUT2D eigenvalue weighted by Crippen LogP contribution is -2.14. The van der Waals surface area contributed by atoms with Gasteiger partial charge in [0.05, 0.1) is 7.11 Å². The summed E-state index contributed by atoms with van der Waals surface area (Å²) in [6, 6.07) is 24.2. The first kappa shape index (κ1) is 16.2. The molecule has 0 saturated carbocycles. The summed E-state index contributed by atoms with van der Waals surface area (Å²) in [4.78, 5) is 12.0. The first-order valence-electron chi connectivity index (χ1n) is 8.53. The summed E-state index contributed by atoms with van der Waals surface area (Å²) in [5, 5.41) is 4.37. The van der Waals surface area contributed by atoms with Crippen LogP contribution in [0, 0.1) is 0 Å². The molecule has 0 saturated heterocycles. The van der Waals surface area contributed by atoms with Crippen LogP contribution in [0.1, 0.15) is 21.5 Å². The van der Waals surface area contributed by atoms with E-state index >= 15 is 0 Å². The lowest BCUT2D eigenvalue weighted by atomic mass is 9.94. The molecule has 128 valence electrons. The third kappa shape index (κ3) is 2.88. The van der Waals surface area contributed by atoms with Gasteiger partial charge in [-0.25, -0.2) is 0 Å². The van der Waals surface area contributed by atoms with Crippen LogP contribution in [0.3, 0.4) is 0 Å². The quantitative estimate of drug-likeness (QED) is 0.585. The highest BCUT2D eigenvalue weighted by Gasteiger charge is 2.13. The first-order chi connectivity index (χ1) is 12.7. The largest absolute Gasteiger partial charge is 0.496 e. The number of hydrogen-bond acceptors (Lipinski definition) is 2. The van der Waals surface area contributed by atoms with Crippen molar-refractivity contribution in [3.63, 3.8) is 0 Å². The third-order valence-electron chi connectivity index (χ3n) is 4.77. The van der Waals surface area contributed by atoms with Crippen LogP contribution >= 0.6 is 0 Å². The summed E-state index contributed by atoms with van der Waals surface area (Å²) >= 11 is 0. The lowest BCUT2D eigenvalue weighted by molar-refractivity contribution is 0.0999. The highest BCUT2D eigenvalue weighted by molar-refractivity contribution is 5.99. The number of fused-ring (bicyclic) bond motifs is 2. The zero-order valence-electron chi connectivity index (χ0n) is 14.5. The summed E-state index contributed by atoms with van der Waals surface area (Å²) in [5.41, 5.74) is 8.14. The van der Waals surface area contributed by atoms with Gasteiger partial charge in [-0.1, -0.05) is 54.6 Å². The average molecular weight is 341 g/mol. The lowest BCUT2D eigenvalue weighted by Gasteiger charge is -2.13. The number of carbonyl (C=O) groups excluding carboxylic acids is 1. The number of nitrogens with two attached hydrogens (primary N) is 1. The van der Waals surface area contributed by atoms with Crippen molar-refractivity contribution in [2.24, 2.45) is 5.73 Å². The number of amides is 1. The van der Waals surface area contributed by atoms with Gasteiger partial charge in [-0.2, -0.15) is 0 Å². The van der Waals surface area contributed by atoms with Gasteiger partial charge in [-0.15, -0.1) is 0 Å². The molecule has 3 nitrogen and oxygen atoms in total. The predicted molar refractivity (Wildman–Crippen MR) is 106 cm³/mol. The highest BCUT2D eigenvalue weighted by Crippen LogP contribution is 2.30. The molecule has 0 aromatic heterocycles. The molecular weight excluding hydrogens is 322 g/mol. The van der Waals surface area contributed by atoms with Crippen molar-refractivity contribution in [1.29, 1.82) is 0 Å². The molecule has 0 unspecified atom stereocenters. The summed E-state index contributed by atoms with van der Waals surface area (Å²) in [6.45, 7) is 0. The van der Waals surface area contributed by atoms with Gasteiger partial charge in [0.1, 0.15) is 5.75 Å². The van der Waals surface area contributed by atoms with E-state index < -0.39 is 5.91 Å². The molecule has 4 rings (SSSR count). The zero-order chi connectivity index (χ0) is 18.1. The van der Waals surface area contributed by atoms with Crippen molar-refractivity contribution < 1.29 is 9.53 Å². The number of hydrogen-bond donors (Lipinski definition) is 1. The summed E-state index contributed by atoms with van der Waals surface area (Å²) < 4.78 is 5.60. The molecule has 26 heavy (non-hydrogen) atoms. The number of rotatable bonds is 4. The number of primary amides is 1. The smallest absolute Gasteiger partial charge is 0.249 e. The minimum Gasteiger partial charge on any atom is -0.496 e. The Morgan fingerprint density at radius 2 is 1.31 bits per heavy atom. The van der Waals surface area contributed by atoms with Crippen LogP contribution in [0.15, 0.2) is 72.8 Å². The van der Waals surface area contributed by atoms with Crippen molar-refractivity contribution in [2.45, 2.75) is 6.42 Å². The summed E-state index contributed by atoms with van der Waals surface area (Å²) in [7, 11) is 1.67. The topological polar surface area (TPSA) is 52.3 Å². The molecule has 0 bridgehead atoms. The highest BCUT2D eigenvalue weighted by atomic mass is 16.5. The van der Waals surface area contributed by atoms with Crippen molar-refractivity contribution in [3.8, 4) is 5.75 Å². The summed E-state index contributed by atoms with van der Waals surface area (Å²) in [5.74, 6) is 0.401. The van der Waals surface area contributed by atoms with E-state index in [1.807, 2.05) is 54.6 Å².